The summed E-state index contributed by atoms with van der Waals surface area (Å²) in [6.07, 6.45) is 7.55. The van der Waals surface area contributed by atoms with Gasteiger partial charge >= 0.3 is 0 Å². The quantitative estimate of drug-likeness (QED) is 0.154. The standard InChI is InChI=1S/C37H46P2/c1-7-25-37(26-8-2,27-38(33-17-9-29(3)10-18-33)34-19-11-30(4)12-20-34)28-39(35-21-13-31(5)14-22-35)36-23-15-32(6)16-24-36/h9-24H,7-8,25-28H2,1-6H3. The molecule has 0 aliphatic carbocycles. The van der Waals surface area contributed by atoms with Crippen LogP contribution in [-0.2, 0) is 0 Å². The highest BCUT2D eigenvalue weighted by atomic mass is 31.1. The largest absolute Gasteiger partial charge is 0.0654 e. The van der Waals surface area contributed by atoms with Gasteiger partial charge in [-0.25, -0.2) is 0 Å². The first-order valence-electron chi connectivity index (χ1n) is 14.6. The van der Waals surface area contributed by atoms with Gasteiger partial charge in [0.25, 0.3) is 0 Å². The molecule has 0 fully saturated rings. The second-order valence-corrected chi connectivity index (χ2v) is 15.9. The predicted molar refractivity (Wildman–Crippen MR) is 179 cm³/mol. The van der Waals surface area contributed by atoms with E-state index in [1.165, 1.54) is 81.5 Å². The number of benzene rings is 4. The molecule has 0 aliphatic rings. The van der Waals surface area contributed by atoms with Crippen LogP contribution in [0.1, 0.15) is 61.8 Å². The third-order valence-electron chi connectivity index (χ3n) is 7.93. The molecular weight excluding hydrogens is 506 g/mol. The van der Waals surface area contributed by atoms with Crippen LogP contribution in [0.5, 0.6) is 0 Å². The Labute approximate surface area is 240 Å². The minimum absolute atomic E-state index is 0.298. The van der Waals surface area contributed by atoms with Crippen LogP contribution >= 0.6 is 15.8 Å². The molecule has 0 saturated heterocycles. The average molecular weight is 553 g/mol. The maximum atomic E-state index is 2.41. The van der Waals surface area contributed by atoms with Gasteiger partial charge in [-0.2, -0.15) is 0 Å². The molecule has 4 aromatic rings. The van der Waals surface area contributed by atoms with Crippen LogP contribution in [0.2, 0.25) is 0 Å². The third-order valence-corrected chi connectivity index (χ3v) is 13.6. The maximum absolute atomic E-state index is 2.41. The van der Waals surface area contributed by atoms with Crippen LogP contribution in [0.25, 0.3) is 0 Å². The SMILES string of the molecule is CCCC(CCC)(CP(c1ccc(C)cc1)c1ccc(C)cc1)CP(c1ccc(C)cc1)c1ccc(C)cc1. The molecule has 0 spiro atoms. The molecule has 0 nitrogen and oxygen atoms in total. The van der Waals surface area contributed by atoms with Crippen molar-refractivity contribution in [3.63, 3.8) is 0 Å². The lowest BCUT2D eigenvalue weighted by Crippen LogP contribution is -2.34. The monoisotopic (exact) mass is 552 g/mol. The Morgan fingerprint density at radius 1 is 0.410 bits per heavy atom. The molecule has 0 aromatic heterocycles. The van der Waals surface area contributed by atoms with Crippen LogP contribution in [0.3, 0.4) is 0 Å². The summed E-state index contributed by atoms with van der Waals surface area (Å²) in [5.74, 6) is 0. The van der Waals surface area contributed by atoms with E-state index in [0.717, 1.165) is 0 Å². The number of rotatable bonds is 12. The first-order valence-corrected chi connectivity index (χ1v) is 17.7. The molecule has 0 radical (unpaired) electrons. The van der Waals surface area contributed by atoms with Gasteiger partial charge in [0.2, 0.25) is 0 Å². The average Bonchev–Trinajstić information content (AvgIpc) is 2.93. The molecule has 0 saturated carbocycles. The zero-order valence-corrected chi connectivity index (χ0v) is 26.7. The van der Waals surface area contributed by atoms with Crippen molar-refractivity contribution in [1.82, 2.24) is 0 Å². The number of hydrogen-bond acceptors (Lipinski definition) is 0. The van der Waals surface area contributed by atoms with E-state index in [4.69, 9.17) is 0 Å². The lowest BCUT2D eigenvalue weighted by molar-refractivity contribution is 0.314. The van der Waals surface area contributed by atoms with E-state index in [1.807, 2.05) is 0 Å². The molecule has 0 atom stereocenters. The molecule has 0 bridgehead atoms. The van der Waals surface area contributed by atoms with Gasteiger partial charge in [0.05, 0.1) is 0 Å². The lowest BCUT2D eigenvalue weighted by atomic mass is 9.83. The van der Waals surface area contributed by atoms with Gasteiger partial charge in [0, 0.05) is 0 Å². The fourth-order valence-corrected chi connectivity index (χ4v) is 11.5. The summed E-state index contributed by atoms with van der Waals surface area (Å²) in [5, 5.41) is 6.08. The van der Waals surface area contributed by atoms with E-state index in [-0.39, 0.29) is 0 Å². The zero-order valence-electron chi connectivity index (χ0n) is 24.9. The van der Waals surface area contributed by atoms with E-state index >= 15 is 0 Å². The topological polar surface area (TPSA) is 0 Å². The molecule has 4 rings (SSSR count). The molecule has 0 heterocycles. The summed E-state index contributed by atoms with van der Waals surface area (Å²) in [7, 11) is -0.910. The summed E-state index contributed by atoms with van der Waals surface area (Å²) in [6.45, 7) is 13.6. The predicted octanol–water partition coefficient (Wildman–Crippen LogP) is 9.07. The molecule has 204 valence electrons. The van der Waals surface area contributed by atoms with Crippen molar-refractivity contribution < 1.29 is 0 Å². The van der Waals surface area contributed by atoms with E-state index in [1.54, 1.807) is 0 Å². The molecule has 0 unspecified atom stereocenters. The van der Waals surface area contributed by atoms with E-state index < -0.39 is 15.8 Å². The Morgan fingerprint density at radius 3 is 0.846 bits per heavy atom. The van der Waals surface area contributed by atoms with E-state index in [9.17, 15) is 0 Å². The van der Waals surface area contributed by atoms with E-state index in [0.29, 0.717) is 5.41 Å². The molecule has 4 aromatic carbocycles. The van der Waals surface area contributed by atoms with Gasteiger partial charge < -0.3 is 0 Å². The van der Waals surface area contributed by atoms with E-state index in [2.05, 4.69) is 139 Å². The van der Waals surface area contributed by atoms with Crippen molar-refractivity contribution in [1.29, 1.82) is 0 Å². The number of aryl methyl sites for hydroxylation is 4. The summed E-state index contributed by atoms with van der Waals surface area (Å²) < 4.78 is 0. The highest BCUT2D eigenvalue weighted by Crippen LogP contribution is 2.51. The Bertz CT molecular complexity index is 1090. The number of hydrogen-bond donors (Lipinski definition) is 0. The fourth-order valence-electron chi connectivity index (χ4n) is 5.78. The smallest absolute Gasteiger partial charge is 0.0185 e. The molecule has 2 heteroatoms. The third kappa shape index (κ3) is 7.91. The Morgan fingerprint density at radius 2 is 0.641 bits per heavy atom. The van der Waals surface area contributed by atoms with Gasteiger partial charge in [-0.15, -0.1) is 0 Å². The van der Waals surface area contributed by atoms with Crippen molar-refractivity contribution in [3.05, 3.63) is 119 Å². The molecule has 0 amide bonds. The Hall–Kier alpha value is -2.26. The summed E-state index contributed by atoms with van der Waals surface area (Å²) in [5.41, 5.74) is 5.66. The van der Waals surface area contributed by atoms with Crippen molar-refractivity contribution in [3.8, 4) is 0 Å². The van der Waals surface area contributed by atoms with Gasteiger partial charge in [-0.05, 0) is 95.3 Å². The van der Waals surface area contributed by atoms with Crippen LogP contribution in [0, 0.1) is 33.1 Å². The van der Waals surface area contributed by atoms with Crippen molar-refractivity contribution in [2.24, 2.45) is 5.41 Å². The highest BCUT2D eigenvalue weighted by Gasteiger charge is 2.36. The van der Waals surface area contributed by atoms with Crippen molar-refractivity contribution in [2.75, 3.05) is 12.3 Å². The van der Waals surface area contributed by atoms with Gasteiger partial charge in [0.1, 0.15) is 0 Å². The summed E-state index contributed by atoms with van der Waals surface area (Å²) >= 11 is 0. The van der Waals surface area contributed by atoms with Crippen LogP contribution < -0.4 is 21.2 Å². The molecular formula is C37H46P2. The maximum Gasteiger partial charge on any atom is -0.0185 e. The molecule has 0 N–H and O–H groups in total. The van der Waals surface area contributed by atoms with Crippen LogP contribution in [0.4, 0.5) is 0 Å². The summed E-state index contributed by atoms with van der Waals surface area (Å²) in [4.78, 5) is 0. The fraction of sp³-hybridized carbons (Fsp3) is 0.351. The minimum atomic E-state index is -0.455. The van der Waals surface area contributed by atoms with Crippen molar-refractivity contribution >= 4 is 37.1 Å². The summed E-state index contributed by atoms with van der Waals surface area (Å²) in [6, 6.07) is 37.8. The van der Waals surface area contributed by atoms with Gasteiger partial charge in [-0.3, -0.25) is 0 Å². The minimum Gasteiger partial charge on any atom is -0.0654 e. The van der Waals surface area contributed by atoms with Crippen molar-refractivity contribution in [2.45, 2.75) is 67.2 Å². The second kappa shape index (κ2) is 13.9. The first-order chi connectivity index (χ1) is 18.8. The normalized spacial score (nSPS) is 11.9. The Balaban J connectivity index is 1.80. The second-order valence-electron chi connectivity index (χ2n) is 11.5. The van der Waals surface area contributed by atoms with Gasteiger partial charge in [0.15, 0.2) is 0 Å². The Kier molecular flexibility index (Phi) is 10.6. The van der Waals surface area contributed by atoms with Crippen LogP contribution in [-0.4, -0.2) is 12.3 Å². The molecule has 39 heavy (non-hydrogen) atoms. The highest BCUT2D eigenvalue weighted by molar-refractivity contribution is 7.74. The van der Waals surface area contributed by atoms with Gasteiger partial charge in [-0.1, -0.05) is 146 Å². The zero-order chi connectivity index (χ0) is 27.8. The van der Waals surface area contributed by atoms with Crippen LogP contribution in [0.15, 0.2) is 97.1 Å². The first kappa shape index (κ1) is 29.7. The molecule has 0 aliphatic heterocycles. The lowest BCUT2D eigenvalue weighted by Gasteiger charge is -2.40.